The molecule has 2 aliphatic carbocycles. The van der Waals surface area contributed by atoms with Gasteiger partial charge in [0.1, 0.15) is 0 Å². The van der Waals surface area contributed by atoms with Crippen molar-refractivity contribution in [3.8, 4) is 0 Å². The van der Waals surface area contributed by atoms with Gasteiger partial charge >= 0.3 is 5.97 Å². The lowest BCUT2D eigenvalue weighted by molar-refractivity contribution is -0.143. The van der Waals surface area contributed by atoms with Crippen molar-refractivity contribution in [3.63, 3.8) is 0 Å². The zero-order valence-electron chi connectivity index (χ0n) is 12.2. The van der Waals surface area contributed by atoms with Crippen LogP contribution in [0.1, 0.15) is 71.1 Å². The maximum atomic E-state index is 11.1. The van der Waals surface area contributed by atoms with Gasteiger partial charge in [-0.3, -0.25) is 4.79 Å². The maximum Gasteiger partial charge on any atom is 0.306 e. The summed E-state index contributed by atoms with van der Waals surface area (Å²) < 4.78 is 0. The fourth-order valence-electron chi connectivity index (χ4n) is 3.88. The predicted octanol–water partition coefficient (Wildman–Crippen LogP) is 3.58. The van der Waals surface area contributed by atoms with E-state index in [0.29, 0.717) is 12.1 Å². The lowest BCUT2D eigenvalue weighted by Crippen LogP contribution is -2.44. The Hall–Kier alpha value is -0.570. The predicted molar refractivity (Wildman–Crippen MR) is 77.2 cm³/mol. The van der Waals surface area contributed by atoms with Crippen LogP contribution in [-0.4, -0.2) is 23.2 Å². The lowest BCUT2D eigenvalue weighted by Gasteiger charge is -2.33. The van der Waals surface area contributed by atoms with Gasteiger partial charge in [-0.15, -0.1) is 0 Å². The first-order chi connectivity index (χ1) is 9.16. The van der Waals surface area contributed by atoms with Gasteiger partial charge in [0.25, 0.3) is 0 Å². The summed E-state index contributed by atoms with van der Waals surface area (Å²) in [5.41, 5.74) is 0. The van der Waals surface area contributed by atoms with Crippen molar-refractivity contribution in [1.82, 2.24) is 5.32 Å². The number of carboxylic acids is 1. The molecule has 0 saturated heterocycles. The van der Waals surface area contributed by atoms with E-state index in [1.165, 1.54) is 38.5 Å². The first kappa shape index (κ1) is 14.8. The van der Waals surface area contributed by atoms with Crippen LogP contribution >= 0.6 is 0 Å². The standard InChI is InChI=1S/C16H29NO2/c1-12(13-7-4-2-3-5-8-13)17-15-10-6-9-14(11-15)16(18)19/h12-15,17H,2-11H2,1H3,(H,18,19)/t12-,14?,15?/m0/s1. The van der Waals surface area contributed by atoms with Crippen LogP contribution in [-0.2, 0) is 4.79 Å². The number of hydrogen-bond donors (Lipinski definition) is 2. The second-order valence-corrected chi connectivity index (χ2v) is 6.61. The third kappa shape index (κ3) is 4.48. The molecule has 0 aliphatic heterocycles. The van der Waals surface area contributed by atoms with Gasteiger partial charge in [-0.05, 0) is 44.9 Å². The van der Waals surface area contributed by atoms with Crippen LogP contribution in [0, 0.1) is 11.8 Å². The van der Waals surface area contributed by atoms with E-state index in [2.05, 4.69) is 12.2 Å². The zero-order valence-corrected chi connectivity index (χ0v) is 12.2. The minimum atomic E-state index is -0.603. The van der Waals surface area contributed by atoms with Gasteiger partial charge in [-0.2, -0.15) is 0 Å². The van der Waals surface area contributed by atoms with E-state index in [1.807, 2.05) is 0 Å². The average molecular weight is 267 g/mol. The summed E-state index contributed by atoms with van der Waals surface area (Å²) in [5, 5.41) is 12.9. The van der Waals surface area contributed by atoms with Gasteiger partial charge < -0.3 is 10.4 Å². The van der Waals surface area contributed by atoms with Crippen LogP contribution in [0.3, 0.4) is 0 Å². The van der Waals surface area contributed by atoms with Crippen LogP contribution in [0.4, 0.5) is 0 Å². The molecule has 0 radical (unpaired) electrons. The highest BCUT2D eigenvalue weighted by Crippen LogP contribution is 2.28. The van der Waals surface area contributed by atoms with E-state index < -0.39 is 5.97 Å². The summed E-state index contributed by atoms with van der Waals surface area (Å²) in [6.45, 7) is 2.31. The van der Waals surface area contributed by atoms with Crippen molar-refractivity contribution < 1.29 is 9.90 Å². The van der Waals surface area contributed by atoms with Crippen molar-refractivity contribution >= 4 is 5.97 Å². The second-order valence-electron chi connectivity index (χ2n) is 6.61. The number of nitrogens with one attached hydrogen (secondary N) is 1. The molecule has 0 aromatic rings. The van der Waals surface area contributed by atoms with Gasteiger partial charge in [-0.1, -0.05) is 32.1 Å². The summed E-state index contributed by atoms with van der Waals surface area (Å²) in [6, 6.07) is 0.976. The summed E-state index contributed by atoms with van der Waals surface area (Å²) in [4.78, 5) is 11.1. The molecule has 3 atom stereocenters. The third-order valence-electron chi connectivity index (χ3n) is 5.13. The van der Waals surface area contributed by atoms with Crippen LogP contribution in [0.25, 0.3) is 0 Å². The summed E-state index contributed by atoms with van der Waals surface area (Å²) in [5.74, 6) is 0.0777. The second kappa shape index (κ2) is 7.28. The van der Waals surface area contributed by atoms with Gasteiger partial charge in [0.2, 0.25) is 0 Å². The van der Waals surface area contributed by atoms with Crippen LogP contribution in [0.2, 0.25) is 0 Å². The van der Waals surface area contributed by atoms with Crippen LogP contribution < -0.4 is 5.32 Å². The van der Waals surface area contributed by atoms with Crippen molar-refractivity contribution in [1.29, 1.82) is 0 Å². The molecule has 2 saturated carbocycles. The molecule has 2 rings (SSSR count). The Labute approximate surface area is 117 Å². The van der Waals surface area contributed by atoms with Gasteiger partial charge in [0.15, 0.2) is 0 Å². The Morgan fingerprint density at radius 1 is 1.05 bits per heavy atom. The molecular weight excluding hydrogens is 238 g/mol. The molecule has 0 aromatic heterocycles. The fourth-order valence-corrected chi connectivity index (χ4v) is 3.88. The highest BCUT2D eigenvalue weighted by atomic mass is 16.4. The highest BCUT2D eigenvalue weighted by molar-refractivity contribution is 5.70. The molecule has 2 unspecified atom stereocenters. The molecule has 0 heterocycles. The molecule has 2 N–H and O–H groups in total. The quantitative estimate of drug-likeness (QED) is 0.765. The molecule has 19 heavy (non-hydrogen) atoms. The van der Waals surface area contributed by atoms with E-state index in [1.54, 1.807) is 0 Å². The number of aliphatic carboxylic acids is 1. The fraction of sp³-hybridized carbons (Fsp3) is 0.938. The largest absolute Gasteiger partial charge is 0.481 e. The molecule has 0 bridgehead atoms. The van der Waals surface area contributed by atoms with E-state index in [0.717, 1.165) is 31.6 Å². The SMILES string of the molecule is C[C@H](NC1CCCC(C(=O)O)C1)C1CCCCCC1. The Kier molecular flexibility index (Phi) is 5.68. The third-order valence-corrected chi connectivity index (χ3v) is 5.13. The minimum absolute atomic E-state index is 0.118. The van der Waals surface area contributed by atoms with E-state index >= 15 is 0 Å². The molecule has 0 spiro atoms. The zero-order chi connectivity index (χ0) is 13.7. The van der Waals surface area contributed by atoms with E-state index in [9.17, 15) is 4.79 Å². The molecule has 3 nitrogen and oxygen atoms in total. The summed E-state index contributed by atoms with van der Waals surface area (Å²) in [6.07, 6.45) is 12.1. The van der Waals surface area contributed by atoms with Crippen molar-refractivity contribution in [2.45, 2.75) is 83.2 Å². The molecule has 2 fully saturated rings. The molecule has 2 aliphatic rings. The minimum Gasteiger partial charge on any atom is -0.481 e. The molecule has 0 amide bonds. The Balaban J connectivity index is 1.80. The highest BCUT2D eigenvalue weighted by Gasteiger charge is 2.29. The molecule has 3 heteroatoms. The summed E-state index contributed by atoms with van der Waals surface area (Å²) >= 11 is 0. The Morgan fingerprint density at radius 3 is 2.37 bits per heavy atom. The van der Waals surface area contributed by atoms with Gasteiger partial charge in [0.05, 0.1) is 5.92 Å². The first-order valence-corrected chi connectivity index (χ1v) is 8.15. The Morgan fingerprint density at radius 2 is 1.74 bits per heavy atom. The maximum absolute atomic E-state index is 11.1. The van der Waals surface area contributed by atoms with Crippen LogP contribution in [0.5, 0.6) is 0 Å². The molecular formula is C16H29NO2. The number of carbonyl (C=O) groups is 1. The van der Waals surface area contributed by atoms with E-state index in [-0.39, 0.29) is 5.92 Å². The van der Waals surface area contributed by atoms with Gasteiger partial charge in [0, 0.05) is 12.1 Å². The van der Waals surface area contributed by atoms with Crippen molar-refractivity contribution in [2.24, 2.45) is 11.8 Å². The summed E-state index contributed by atoms with van der Waals surface area (Å²) in [7, 11) is 0. The average Bonchev–Trinajstić information content (AvgIpc) is 2.68. The van der Waals surface area contributed by atoms with Crippen molar-refractivity contribution in [2.75, 3.05) is 0 Å². The van der Waals surface area contributed by atoms with Crippen molar-refractivity contribution in [3.05, 3.63) is 0 Å². The monoisotopic (exact) mass is 267 g/mol. The first-order valence-electron chi connectivity index (χ1n) is 8.15. The van der Waals surface area contributed by atoms with E-state index in [4.69, 9.17) is 5.11 Å². The smallest absolute Gasteiger partial charge is 0.306 e. The lowest BCUT2D eigenvalue weighted by atomic mass is 9.84. The number of rotatable bonds is 4. The normalized spacial score (nSPS) is 31.6. The number of hydrogen-bond acceptors (Lipinski definition) is 2. The van der Waals surface area contributed by atoms with Gasteiger partial charge in [-0.25, -0.2) is 0 Å². The van der Waals surface area contributed by atoms with Crippen LogP contribution in [0.15, 0.2) is 0 Å². The Bertz CT molecular complexity index is 284. The molecule has 0 aromatic carbocycles. The topological polar surface area (TPSA) is 49.3 Å². The molecule has 110 valence electrons. The number of carboxylic acid groups (broad SMARTS) is 1.